The van der Waals surface area contributed by atoms with E-state index in [2.05, 4.69) is 5.16 Å². The third-order valence-electron chi connectivity index (χ3n) is 3.63. The lowest BCUT2D eigenvalue weighted by atomic mass is 9.99. The molecule has 1 aromatic carbocycles. The van der Waals surface area contributed by atoms with Crippen molar-refractivity contribution in [2.75, 3.05) is 7.05 Å². The highest BCUT2D eigenvalue weighted by molar-refractivity contribution is 6.31. The number of oxime groups is 1. The number of nitrogens with two attached hydrogens (primary N) is 1. The fraction of sp³-hybridized carbons (Fsp3) is 0.467. The lowest BCUT2D eigenvalue weighted by Gasteiger charge is -2.29. The summed E-state index contributed by atoms with van der Waals surface area (Å²) in [5, 5.41) is 12.4. The van der Waals surface area contributed by atoms with Crippen LogP contribution >= 0.6 is 11.6 Å². The van der Waals surface area contributed by atoms with E-state index in [-0.39, 0.29) is 17.8 Å². The quantitative estimate of drug-likeness (QED) is 0.367. The molecule has 0 aliphatic rings. The van der Waals surface area contributed by atoms with Crippen molar-refractivity contribution in [2.45, 2.75) is 32.7 Å². The van der Waals surface area contributed by atoms with Crippen LogP contribution < -0.4 is 5.73 Å². The first-order valence-electron chi connectivity index (χ1n) is 6.92. The molecule has 0 aliphatic carbocycles. The van der Waals surface area contributed by atoms with E-state index in [0.29, 0.717) is 11.4 Å². The number of carbonyl (C=O) groups is 1. The van der Waals surface area contributed by atoms with Crippen LogP contribution in [0.25, 0.3) is 0 Å². The van der Waals surface area contributed by atoms with Crippen LogP contribution in [0.15, 0.2) is 29.4 Å². The molecule has 116 valence electrons. The lowest BCUT2D eigenvalue weighted by molar-refractivity contribution is -0.134. The highest BCUT2D eigenvalue weighted by Crippen LogP contribution is 2.27. The maximum atomic E-state index is 12.6. The van der Waals surface area contributed by atoms with Crippen LogP contribution in [0.3, 0.4) is 0 Å². The minimum Gasteiger partial charge on any atom is -0.409 e. The molecule has 0 saturated carbocycles. The number of rotatable bonds is 6. The van der Waals surface area contributed by atoms with Gasteiger partial charge in [0, 0.05) is 12.1 Å². The number of hydrogen-bond donors (Lipinski definition) is 2. The van der Waals surface area contributed by atoms with E-state index >= 15 is 0 Å². The number of benzene rings is 1. The van der Waals surface area contributed by atoms with Gasteiger partial charge in [0.2, 0.25) is 5.91 Å². The smallest absolute Gasteiger partial charge is 0.233 e. The Balaban J connectivity index is 2.97. The molecule has 0 fully saturated rings. The zero-order chi connectivity index (χ0) is 16.0. The molecule has 1 amide bonds. The normalized spacial score (nSPS) is 14.6. The maximum Gasteiger partial charge on any atom is 0.233 e. The Kier molecular flexibility index (Phi) is 6.49. The van der Waals surface area contributed by atoms with Crippen LogP contribution in [0.5, 0.6) is 0 Å². The van der Waals surface area contributed by atoms with E-state index < -0.39 is 5.92 Å². The van der Waals surface area contributed by atoms with Gasteiger partial charge in [-0.25, -0.2) is 0 Å². The molecule has 0 aromatic heterocycles. The summed E-state index contributed by atoms with van der Waals surface area (Å²) in [6, 6.07) is 7.20. The predicted molar refractivity (Wildman–Crippen MR) is 84.4 cm³/mol. The van der Waals surface area contributed by atoms with Crippen LogP contribution in [0, 0.1) is 5.92 Å². The summed E-state index contributed by atoms with van der Waals surface area (Å²) in [4.78, 5) is 14.2. The van der Waals surface area contributed by atoms with Gasteiger partial charge in [0.25, 0.3) is 0 Å². The predicted octanol–water partition coefficient (Wildman–Crippen LogP) is 3.02. The Morgan fingerprint density at radius 2 is 2.10 bits per heavy atom. The number of halogens is 1. The minimum atomic E-state index is -0.616. The fourth-order valence-corrected chi connectivity index (χ4v) is 2.51. The van der Waals surface area contributed by atoms with E-state index in [4.69, 9.17) is 22.5 Å². The molecule has 0 radical (unpaired) electrons. The topological polar surface area (TPSA) is 78.9 Å². The first-order valence-corrected chi connectivity index (χ1v) is 7.30. The van der Waals surface area contributed by atoms with E-state index in [0.717, 1.165) is 12.0 Å². The van der Waals surface area contributed by atoms with Crippen LogP contribution in [0.2, 0.25) is 5.02 Å². The Bertz CT molecular complexity index is 519. The highest BCUT2D eigenvalue weighted by atomic mass is 35.5. The molecule has 3 N–H and O–H groups in total. The molecule has 2 unspecified atom stereocenters. The van der Waals surface area contributed by atoms with Gasteiger partial charge in [-0.3, -0.25) is 4.79 Å². The molecule has 2 atom stereocenters. The van der Waals surface area contributed by atoms with Crippen LogP contribution in [0.4, 0.5) is 0 Å². The SMILES string of the molecule is CCCC(C(=O)N(C)C(C)c1ccccc1Cl)C(N)=NO. The van der Waals surface area contributed by atoms with E-state index in [9.17, 15) is 4.79 Å². The summed E-state index contributed by atoms with van der Waals surface area (Å²) >= 11 is 6.17. The molecular formula is C15H22ClN3O2. The van der Waals surface area contributed by atoms with Gasteiger partial charge >= 0.3 is 0 Å². The summed E-state index contributed by atoms with van der Waals surface area (Å²) in [7, 11) is 1.70. The average molecular weight is 312 g/mol. The van der Waals surface area contributed by atoms with Crippen molar-refractivity contribution in [2.24, 2.45) is 16.8 Å². The Morgan fingerprint density at radius 3 is 2.62 bits per heavy atom. The Morgan fingerprint density at radius 1 is 1.48 bits per heavy atom. The van der Waals surface area contributed by atoms with Crippen molar-refractivity contribution >= 4 is 23.3 Å². The number of hydrogen-bond acceptors (Lipinski definition) is 3. The Labute approximate surface area is 130 Å². The lowest BCUT2D eigenvalue weighted by Crippen LogP contribution is -2.41. The molecule has 0 bridgehead atoms. The summed E-state index contributed by atoms with van der Waals surface area (Å²) in [6.07, 6.45) is 1.30. The monoisotopic (exact) mass is 311 g/mol. The maximum absolute atomic E-state index is 12.6. The van der Waals surface area contributed by atoms with E-state index in [1.807, 2.05) is 32.0 Å². The minimum absolute atomic E-state index is 0.0555. The standard InChI is InChI=1S/C15H22ClN3O2/c1-4-7-12(14(17)18-21)15(20)19(3)10(2)11-8-5-6-9-13(11)16/h5-6,8-10,12,21H,4,7H2,1-3H3,(H2,17,18). The van der Waals surface area contributed by atoms with Gasteiger partial charge in [0.1, 0.15) is 0 Å². The first kappa shape index (κ1) is 17.3. The third-order valence-corrected chi connectivity index (χ3v) is 3.98. The summed E-state index contributed by atoms with van der Waals surface area (Å²) < 4.78 is 0. The molecule has 6 heteroatoms. The van der Waals surface area contributed by atoms with Crippen LogP contribution in [-0.2, 0) is 4.79 Å². The molecule has 1 aromatic rings. The fourth-order valence-electron chi connectivity index (χ4n) is 2.22. The largest absolute Gasteiger partial charge is 0.409 e. The van der Waals surface area contributed by atoms with Gasteiger partial charge in [-0.05, 0) is 25.0 Å². The number of nitrogens with zero attached hydrogens (tertiary/aromatic N) is 2. The molecule has 0 saturated heterocycles. The zero-order valence-corrected chi connectivity index (χ0v) is 13.3. The van der Waals surface area contributed by atoms with E-state index in [1.54, 1.807) is 18.0 Å². The van der Waals surface area contributed by atoms with Crippen molar-refractivity contribution in [3.05, 3.63) is 34.9 Å². The van der Waals surface area contributed by atoms with E-state index in [1.165, 1.54) is 0 Å². The third kappa shape index (κ3) is 4.11. The summed E-state index contributed by atoms with van der Waals surface area (Å²) in [6.45, 7) is 3.84. The molecule has 1 rings (SSSR count). The molecule has 0 aliphatic heterocycles. The number of carbonyl (C=O) groups excluding carboxylic acids is 1. The van der Waals surface area contributed by atoms with Crippen molar-refractivity contribution in [1.82, 2.24) is 4.90 Å². The Hall–Kier alpha value is -1.75. The van der Waals surface area contributed by atoms with Gasteiger partial charge < -0.3 is 15.8 Å². The van der Waals surface area contributed by atoms with Crippen LogP contribution in [0.1, 0.15) is 38.3 Å². The zero-order valence-electron chi connectivity index (χ0n) is 12.6. The van der Waals surface area contributed by atoms with Gasteiger partial charge in [-0.1, -0.05) is 48.3 Å². The van der Waals surface area contributed by atoms with Crippen molar-refractivity contribution in [1.29, 1.82) is 0 Å². The molecule has 0 spiro atoms. The van der Waals surface area contributed by atoms with Crippen LogP contribution in [-0.4, -0.2) is 28.9 Å². The molecule has 5 nitrogen and oxygen atoms in total. The molecular weight excluding hydrogens is 290 g/mol. The van der Waals surface area contributed by atoms with Gasteiger partial charge in [-0.15, -0.1) is 0 Å². The summed E-state index contributed by atoms with van der Waals surface area (Å²) in [5.74, 6) is -0.852. The average Bonchev–Trinajstić information content (AvgIpc) is 2.50. The molecule has 21 heavy (non-hydrogen) atoms. The van der Waals surface area contributed by atoms with Gasteiger partial charge in [0.05, 0.1) is 12.0 Å². The second-order valence-electron chi connectivity index (χ2n) is 5.01. The number of amides is 1. The second kappa shape index (κ2) is 7.88. The first-order chi connectivity index (χ1) is 9.93. The van der Waals surface area contributed by atoms with Crippen molar-refractivity contribution in [3.8, 4) is 0 Å². The number of amidine groups is 1. The van der Waals surface area contributed by atoms with Crippen molar-refractivity contribution < 1.29 is 10.0 Å². The second-order valence-corrected chi connectivity index (χ2v) is 5.42. The van der Waals surface area contributed by atoms with Gasteiger partial charge in [0.15, 0.2) is 5.84 Å². The highest BCUT2D eigenvalue weighted by Gasteiger charge is 2.28. The molecule has 0 heterocycles. The summed E-state index contributed by atoms with van der Waals surface area (Å²) in [5.41, 5.74) is 6.50. The van der Waals surface area contributed by atoms with Gasteiger partial charge in [-0.2, -0.15) is 0 Å². The van der Waals surface area contributed by atoms with Crippen molar-refractivity contribution in [3.63, 3.8) is 0 Å².